The van der Waals surface area contributed by atoms with Crippen LogP contribution in [0.15, 0.2) is 40.8 Å². The number of aryl methyl sites for hydroxylation is 2. The summed E-state index contributed by atoms with van der Waals surface area (Å²) in [7, 11) is -3.07. The van der Waals surface area contributed by atoms with E-state index in [0.29, 0.717) is 17.7 Å². The zero-order chi connectivity index (χ0) is 17.3. The summed E-state index contributed by atoms with van der Waals surface area (Å²) in [5.74, 6) is 1.42. The SMILES string of the molecule is Cc1ccc(C(=O)N(Cc2ccc(C)o2)[C@@H]2CCS(=O)(=O)C2)cc1. The average molecular weight is 347 g/mol. The summed E-state index contributed by atoms with van der Waals surface area (Å²) in [6, 6.07) is 10.7. The van der Waals surface area contributed by atoms with Crippen molar-refractivity contribution in [1.82, 2.24) is 4.90 Å². The van der Waals surface area contributed by atoms with E-state index in [9.17, 15) is 13.2 Å². The summed E-state index contributed by atoms with van der Waals surface area (Å²) in [5, 5.41) is 0. The maximum absolute atomic E-state index is 13.0. The lowest BCUT2D eigenvalue weighted by molar-refractivity contribution is 0.0665. The van der Waals surface area contributed by atoms with Gasteiger partial charge in [-0.3, -0.25) is 4.79 Å². The summed E-state index contributed by atoms with van der Waals surface area (Å²) in [6.07, 6.45) is 0.472. The molecule has 24 heavy (non-hydrogen) atoms. The zero-order valence-electron chi connectivity index (χ0n) is 13.9. The Bertz CT molecular complexity index is 836. The highest BCUT2D eigenvalue weighted by atomic mass is 32.2. The first-order valence-electron chi connectivity index (χ1n) is 7.97. The minimum absolute atomic E-state index is 0.0181. The second kappa shape index (κ2) is 6.43. The van der Waals surface area contributed by atoms with Crippen molar-refractivity contribution < 1.29 is 17.6 Å². The molecule has 5 nitrogen and oxygen atoms in total. The smallest absolute Gasteiger partial charge is 0.254 e. The van der Waals surface area contributed by atoms with E-state index in [0.717, 1.165) is 11.3 Å². The fraction of sp³-hybridized carbons (Fsp3) is 0.389. The van der Waals surface area contributed by atoms with Gasteiger partial charge in [-0.2, -0.15) is 0 Å². The van der Waals surface area contributed by atoms with Crippen LogP contribution in [0, 0.1) is 13.8 Å². The lowest BCUT2D eigenvalue weighted by Crippen LogP contribution is -2.40. The molecule has 0 aliphatic carbocycles. The van der Waals surface area contributed by atoms with E-state index in [1.807, 2.05) is 38.1 Å². The van der Waals surface area contributed by atoms with Gasteiger partial charge in [0.1, 0.15) is 11.5 Å². The molecular weight excluding hydrogens is 326 g/mol. The van der Waals surface area contributed by atoms with E-state index >= 15 is 0 Å². The summed E-state index contributed by atoms with van der Waals surface area (Å²) in [5.41, 5.74) is 1.64. The highest BCUT2D eigenvalue weighted by Crippen LogP contribution is 2.23. The Kier molecular flexibility index (Phi) is 4.49. The summed E-state index contributed by atoms with van der Waals surface area (Å²) in [4.78, 5) is 14.6. The van der Waals surface area contributed by atoms with Crippen LogP contribution in [0.5, 0.6) is 0 Å². The van der Waals surface area contributed by atoms with Crippen LogP contribution in [0.25, 0.3) is 0 Å². The molecule has 0 unspecified atom stereocenters. The van der Waals surface area contributed by atoms with E-state index in [4.69, 9.17) is 4.42 Å². The minimum atomic E-state index is -3.07. The molecule has 1 fully saturated rings. The van der Waals surface area contributed by atoms with Crippen LogP contribution >= 0.6 is 0 Å². The number of sulfone groups is 1. The first-order valence-corrected chi connectivity index (χ1v) is 9.79. The normalized spacial score (nSPS) is 19.3. The number of benzene rings is 1. The minimum Gasteiger partial charge on any atom is -0.464 e. The number of hydrogen-bond acceptors (Lipinski definition) is 4. The van der Waals surface area contributed by atoms with E-state index in [-0.39, 0.29) is 30.0 Å². The Labute approximate surface area is 142 Å². The van der Waals surface area contributed by atoms with Gasteiger partial charge in [-0.1, -0.05) is 17.7 Å². The molecule has 1 saturated heterocycles. The van der Waals surface area contributed by atoms with Crippen molar-refractivity contribution in [1.29, 1.82) is 0 Å². The highest BCUT2D eigenvalue weighted by Gasteiger charge is 2.35. The molecule has 2 aromatic rings. The highest BCUT2D eigenvalue weighted by molar-refractivity contribution is 7.91. The van der Waals surface area contributed by atoms with E-state index in [2.05, 4.69) is 0 Å². The molecule has 1 atom stereocenters. The predicted octanol–water partition coefficient (Wildman–Crippen LogP) is 2.73. The second-order valence-corrected chi connectivity index (χ2v) is 8.60. The Hall–Kier alpha value is -2.08. The topological polar surface area (TPSA) is 67.6 Å². The molecule has 1 aromatic heterocycles. The number of carbonyl (C=O) groups is 1. The monoisotopic (exact) mass is 347 g/mol. The molecule has 6 heteroatoms. The molecule has 0 radical (unpaired) electrons. The number of amides is 1. The van der Waals surface area contributed by atoms with Crippen molar-refractivity contribution in [3.05, 3.63) is 59.0 Å². The van der Waals surface area contributed by atoms with Gasteiger partial charge in [-0.25, -0.2) is 8.42 Å². The average Bonchev–Trinajstić information content (AvgIpc) is 3.10. The number of rotatable bonds is 4. The van der Waals surface area contributed by atoms with Crippen LogP contribution in [0.1, 0.15) is 33.9 Å². The molecule has 1 aliphatic rings. The lowest BCUT2D eigenvalue weighted by Gasteiger charge is -2.27. The number of hydrogen-bond donors (Lipinski definition) is 0. The van der Waals surface area contributed by atoms with Crippen LogP contribution in [-0.4, -0.2) is 36.8 Å². The van der Waals surface area contributed by atoms with E-state index in [1.165, 1.54) is 0 Å². The third-order valence-electron chi connectivity index (χ3n) is 4.33. The molecule has 0 spiro atoms. The Morgan fingerprint density at radius 2 is 1.88 bits per heavy atom. The Morgan fingerprint density at radius 1 is 1.17 bits per heavy atom. The third-order valence-corrected chi connectivity index (χ3v) is 6.08. The van der Waals surface area contributed by atoms with Crippen LogP contribution in [0.2, 0.25) is 0 Å². The fourth-order valence-electron chi connectivity index (χ4n) is 2.99. The molecule has 128 valence electrons. The summed E-state index contributed by atoms with van der Waals surface area (Å²) < 4.78 is 29.3. The van der Waals surface area contributed by atoms with Gasteiger partial charge in [0.05, 0.1) is 18.1 Å². The van der Waals surface area contributed by atoms with E-state index in [1.54, 1.807) is 17.0 Å². The van der Waals surface area contributed by atoms with Gasteiger partial charge in [0.2, 0.25) is 0 Å². The third kappa shape index (κ3) is 3.70. The van der Waals surface area contributed by atoms with Gasteiger partial charge in [0.15, 0.2) is 9.84 Å². The number of furan rings is 1. The molecule has 1 aromatic carbocycles. The second-order valence-electron chi connectivity index (χ2n) is 6.37. The molecule has 0 saturated carbocycles. The van der Waals surface area contributed by atoms with Gasteiger partial charge in [-0.15, -0.1) is 0 Å². The van der Waals surface area contributed by atoms with Crippen molar-refractivity contribution >= 4 is 15.7 Å². The molecule has 2 heterocycles. The van der Waals surface area contributed by atoms with Gasteiger partial charge in [-0.05, 0) is 44.5 Å². The van der Waals surface area contributed by atoms with Crippen LogP contribution in [0.4, 0.5) is 0 Å². The zero-order valence-corrected chi connectivity index (χ0v) is 14.7. The molecule has 0 bridgehead atoms. The number of nitrogens with zero attached hydrogens (tertiary/aromatic N) is 1. The van der Waals surface area contributed by atoms with Crippen LogP contribution in [0.3, 0.4) is 0 Å². The molecule has 1 amide bonds. The Balaban J connectivity index is 1.88. The molecule has 3 rings (SSSR count). The van der Waals surface area contributed by atoms with Gasteiger partial charge in [0.25, 0.3) is 5.91 Å². The first-order chi connectivity index (χ1) is 11.3. The van der Waals surface area contributed by atoms with Gasteiger partial charge in [0, 0.05) is 11.6 Å². The van der Waals surface area contributed by atoms with Crippen LogP contribution < -0.4 is 0 Å². The number of carbonyl (C=O) groups excluding carboxylic acids is 1. The van der Waals surface area contributed by atoms with Crippen LogP contribution in [-0.2, 0) is 16.4 Å². The maximum Gasteiger partial charge on any atom is 0.254 e. The Morgan fingerprint density at radius 3 is 2.42 bits per heavy atom. The van der Waals surface area contributed by atoms with Crippen molar-refractivity contribution in [2.75, 3.05) is 11.5 Å². The van der Waals surface area contributed by atoms with Crippen molar-refractivity contribution in [2.24, 2.45) is 0 Å². The molecular formula is C18H21NO4S. The fourth-order valence-corrected chi connectivity index (χ4v) is 4.72. The first kappa shape index (κ1) is 16.8. The predicted molar refractivity (Wildman–Crippen MR) is 91.6 cm³/mol. The lowest BCUT2D eigenvalue weighted by atomic mass is 10.1. The maximum atomic E-state index is 13.0. The molecule has 1 aliphatic heterocycles. The van der Waals surface area contributed by atoms with Crippen molar-refractivity contribution in [3.63, 3.8) is 0 Å². The quantitative estimate of drug-likeness (QED) is 0.853. The standard InChI is InChI=1S/C18H21NO4S/c1-13-3-6-15(7-4-13)18(20)19(11-17-8-5-14(2)23-17)16-9-10-24(21,22)12-16/h3-8,16H,9-12H2,1-2H3/t16-/m1/s1. The largest absolute Gasteiger partial charge is 0.464 e. The summed E-state index contributed by atoms with van der Waals surface area (Å²) in [6.45, 7) is 4.08. The van der Waals surface area contributed by atoms with Gasteiger partial charge >= 0.3 is 0 Å². The summed E-state index contributed by atoms with van der Waals surface area (Å²) >= 11 is 0. The van der Waals surface area contributed by atoms with Gasteiger partial charge < -0.3 is 9.32 Å². The van der Waals surface area contributed by atoms with E-state index < -0.39 is 9.84 Å². The van der Waals surface area contributed by atoms with Crippen molar-refractivity contribution in [2.45, 2.75) is 32.9 Å². The van der Waals surface area contributed by atoms with Crippen molar-refractivity contribution in [3.8, 4) is 0 Å². The molecule has 0 N–H and O–H groups in total.